The van der Waals surface area contributed by atoms with Crippen molar-refractivity contribution < 1.29 is 33.6 Å². The van der Waals surface area contributed by atoms with Crippen LogP contribution in [-0.2, 0) is 33.6 Å². The van der Waals surface area contributed by atoms with Gasteiger partial charge in [-0.05, 0) is 0 Å². The molecule has 0 aromatic heterocycles. The molecule has 0 N–H and O–H groups in total. The van der Waals surface area contributed by atoms with E-state index in [0.717, 1.165) is 0 Å². The van der Waals surface area contributed by atoms with Crippen molar-refractivity contribution in [1.29, 1.82) is 0 Å². The fourth-order valence-corrected chi connectivity index (χ4v) is 0. The first-order chi connectivity index (χ1) is 1.41. The summed E-state index contributed by atoms with van der Waals surface area (Å²) in [5.74, 6) is 0. The molecule has 0 aliphatic carbocycles. The predicted molar refractivity (Wildman–Crippen MR) is 25.4 cm³/mol. The standard InChI is InChI=1S/Cu.Mg.Ni.H2P.H3Si/h;;;1H2;1H3/q;+1;;-1;. The molecule has 1 atom stereocenters. The van der Waals surface area contributed by atoms with E-state index in [-0.39, 0.29) is 33.6 Å². The fraction of sp³-hybridized carbons (Fsp3) is 0. The molecule has 0 aromatic carbocycles. The predicted octanol–water partition coefficient (Wildman–Crippen LogP) is -1.24. The van der Waals surface area contributed by atoms with E-state index in [1.807, 2.05) is 0 Å². The van der Waals surface area contributed by atoms with Gasteiger partial charge in [-0.1, -0.05) is 7.89 Å². The van der Waals surface area contributed by atoms with Crippen LogP contribution in [0, 0.1) is 0 Å². The number of rotatable bonds is 0. The quantitative estimate of drug-likeness (QED) is 0.347. The smallest absolute Gasteiger partial charge is 0.271 e. The Labute approximate surface area is 66.9 Å². The largest absolute Gasteiger partial charge is 0.381 e. The van der Waals surface area contributed by atoms with Gasteiger partial charge in [-0.15, -0.1) is 0 Å². The maximum absolute atomic E-state index is 2.78. The average molecular weight is 211 g/mol. The second kappa shape index (κ2) is 16.1. The Morgan fingerprint density at radius 3 is 1.60 bits per heavy atom. The van der Waals surface area contributed by atoms with Crippen molar-refractivity contribution in [3.05, 3.63) is 0 Å². The van der Waals surface area contributed by atoms with Gasteiger partial charge in [0.05, 0.1) is 0 Å². The van der Waals surface area contributed by atoms with Gasteiger partial charge >= 0.3 is 19.1 Å². The Morgan fingerprint density at radius 2 is 1.60 bits per heavy atom. The second-order valence-corrected chi connectivity index (χ2v) is 11.0. The summed E-state index contributed by atoms with van der Waals surface area (Å²) in [4.78, 5) is 0. The minimum atomic E-state index is 0. The third-order valence-electron chi connectivity index (χ3n) is 0. The van der Waals surface area contributed by atoms with Crippen LogP contribution >= 0.6 is 7.03 Å². The third kappa shape index (κ3) is 21.4. The van der Waals surface area contributed by atoms with E-state index in [2.05, 4.69) is 7.03 Å². The Kier molecular flexibility index (Phi) is 50.5. The van der Waals surface area contributed by atoms with Crippen molar-refractivity contribution in [2.24, 2.45) is 0 Å². The Balaban J connectivity index is -0.0000000200. The average Bonchev–Trinajstić information content (AvgIpc) is 0.918. The molecule has 1 unspecified atom stereocenters. The maximum atomic E-state index is 2.78. The SMILES string of the molecule is [Cu].[Ni].[SiH3][Mg][PH2]. The molecule has 0 spiro atoms. The van der Waals surface area contributed by atoms with Crippen molar-refractivity contribution >= 4 is 34.0 Å². The van der Waals surface area contributed by atoms with Crippen molar-refractivity contribution in [3.8, 4) is 0 Å². The van der Waals surface area contributed by atoms with Gasteiger partial charge < -0.3 is 0 Å². The normalized spacial score (nSPS) is 2.60. The maximum Gasteiger partial charge on any atom is 0.381 e. The van der Waals surface area contributed by atoms with Gasteiger partial charge in [0.2, 0.25) is 0 Å². The Bertz CT molecular complexity index is 11.6. The van der Waals surface area contributed by atoms with E-state index in [1.54, 1.807) is 0 Å². The Hall–Kier alpha value is 2.43. The van der Waals surface area contributed by atoms with Crippen molar-refractivity contribution in [3.63, 3.8) is 0 Å². The monoisotopic (exact) mass is 209 g/mol. The van der Waals surface area contributed by atoms with Crippen molar-refractivity contribution in [1.82, 2.24) is 0 Å². The summed E-state index contributed by atoms with van der Waals surface area (Å²) in [6.45, 7) is 0. The van der Waals surface area contributed by atoms with Crippen LogP contribution < -0.4 is 0 Å². The molecular formula is H5CuMgNiPSi. The van der Waals surface area contributed by atoms with Gasteiger partial charge in [0.1, 0.15) is 0 Å². The van der Waals surface area contributed by atoms with E-state index in [0.29, 0.717) is 19.1 Å². The van der Waals surface area contributed by atoms with Crippen LogP contribution in [0.15, 0.2) is 0 Å². The van der Waals surface area contributed by atoms with Gasteiger partial charge in [0.15, 0.2) is 0 Å². The number of hydrogen-bond acceptors (Lipinski definition) is 0. The first-order valence-electron chi connectivity index (χ1n) is 1.12. The van der Waals surface area contributed by atoms with E-state index in [4.69, 9.17) is 0 Å². The molecule has 0 amide bonds. The molecule has 0 bridgehead atoms. The second-order valence-electron chi connectivity index (χ2n) is 0.408. The molecule has 5 heavy (non-hydrogen) atoms. The molecule has 0 fully saturated rings. The van der Waals surface area contributed by atoms with Crippen LogP contribution in [0.25, 0.3) is 0 Å². The van der Waals surface area contributed by atoms with E-state index in [1.165, 1.54) is 7.89 Å². The van der Waals surface area contributed by atoms with Gasteiger partial charge in [0, 0.05) is 33.6 Å². The van der Waals surface area contributed by atoms with E-state index in [9.17, 15) is 0 Å². The summed E-state index contributed by atoms with van der Waals surface area (Å²) in [6, 6.07) is 0. The van der Waals surface area contributed by atoms with Crippen molar-refractivity contribution in [2.75, 3.05) is 0 Å². The third-order valence-corrected chi connectivity index (χ3v) is 0. The fourth-order valence-electron chi connectivity index (χ4n) is 0. The van der Waals surface area contributed by atoms with Crippen molar-refractivity contribution in [2.45, 2.75) is 0 Å². The summed E-state index contributed by atoms with van der Waals surface area (Å²) < 4.78 is 0. The van der Waals surface area contributed by atoms with Crippen LogP contribution in [0.2, 0.25) is 0 Å². The number of hydrogen-bond donors (Lipinski definition) is 0. The first-order valence-corrected chi connectivity index (χ1v) is 10.0. The summed E-state index contributed by atoms with van der Waals surface area (Å²) in [5, 5.41) is 0. The summed E-state index contributed by atoms with van der Waals surface area (Å²) in [6.07, 6.45) is 0. The zero-order valence-electron chi connectivity index (χ0n) is 2.90. The topological polar surface area (TPSA) is 0 Å². The molecule has 0 saturated carbocycles. The van der Waals surface area contributed by atoms with Crippen LogP contribution in [-0.4, -0.2) is 26.9 Å². The molecule has 0 aliphatic rings. The van der Waals surface area contributed by atoms with Gasteiger partial charge in [-0.2, -0.15) is 0 Å². The molecule has 0 heterocycles. The zero-order valence-corrected chi connectivity index (χ0v) is 9.40. The van der Waals surface area contributed by atoms with E-state index < -0.39 is 0 Å². The van der Waals surface area contributed by atoms with Gasteiger partial charge in [0.25, 0.3) is 0 Å². The molecule has 1 radical (unpaired) electrons. The molecule has 0 aromatic rings. The Morgan fingerprint density at radius 1 is 1.60 bits per heavy atom. The van der Waals surface area contributed by atoms with Crippen LogP contribution in [0.3, 0.4) is 0 Å². The molecule has 5 heteroatoms. The first kappa shape index (κ1) is 15.7. The van der Waals surface area contributed by atoms with Crippen LogP contribution in [0.4, 0.5) is 0 Å². The molecule has 0 nitrogen and oxygen atoms in total. The van der Waals surface area contributed by atoms with Gasteiger partial charge in [-0.3, -0.25) is 7.03 Å². The minimum absolute atomic E-state index is 0. The minimum Gasteiger partial charge on any atom is -0.271 e. The summed E-state index contributed by atoms with van der Waals surface area (Å²) in [7, 11) is 4.25. The molecule has 0 aliphatic heterocycles. The molecule has 37 valence electrons. The van der Waals surface area contributed by atoms with Crippen LogP contribution in [0.1, 0.15) is 0 Å². The molecule has 0 rings (SSSR count). The molecular weight excluding hydrogens is 206 g/mol. The van der Waals surface area contributed by atoms with Crippen LogP contribution in [0.5, 0.6) is 0 Å². The summed E-state index contributed by atoms with van der Waals surface area (Å²) in [5.41, 5.74) is 0. The summed E-state index contributed by atoms with van der Waals surface area (Å²) >= 11 is 0.472. The zero-order chi connectivity index (χ0) is 2.71. The molecule has 0 saturated heterocycles. The van der Waals surface area contributed by atoms with E-state index >= 15 is 0 Å². The van der Waals surface area contributed by atoms with Gasteiger partial charge in [-0.25, -0.2) is 0 Å².